The van der Waals surface area contributed by atoms with Crippen molar-refractivity contribution in [3.8, 4) is 0 Å². The zero-order valence-electron chi connectivity index (χ0n) is 9.30. The van der Waals surface area contributed by atoms with E-state index in [0.717, 1.165) is 5.56 Å². The monoisotopic (exact) mass is 222 g/mol. The molecule has 0 aromatic heterocycles. The molecular formula is C12H18N2O2. The van der Waals surface area contributed by atoms with Gasteiger partial charge >= 0.3 is 0 Å². The summed E-state index contributed by atoms with van der Waals surface area (Å²) < 4.78 is 5.28. The average molecular weight is 222 g/mol. The molecule has 0 amide bonds. The van der Waals surface area contributed by atoms with Gasteiger partial charge < -0.3 is 15.6 Å². The molecule has 2 rings (SSSR count). The van der Waals surface area contributed by atoms with Crippen molar-refractivity contribution in [1.82, 2.24) is 4.90 Å². The van der Waals surface area contributed by atoms with Gasteiger partial charge in [0.2, 0.25) is 0 Å². The quantitative estimate of drug-likeness (QED) is 0.763. The first kappa shape index (κ1) is 11.5. The number of aliphatic hydroxyl groups is 1. The van der Waals surface area contributed by atoms with E-state index in [1.165, 1.54) is 0 Å². The molecule has 1 aliphatic rings. The highest BCUT2D eigenvalue weighted by Gasteiger charge is 2.35. The first-order valence-corrected chi connectivity index (χ1v) is 5.58. The molecule has 1 atom stereocenters. The SMILES string of the molecule is NCC(O)(c1ccccc1)N1CCOCC1. The molecule has 0 spiro atoms. The predicted molar refractivity (Wildman–Crippen MR) is 61.8 cm³/mol. The van der Waals surface area contributed by atoms with Crippen LogP contribution in [0.15, 0.2) is 30.3 Å². The van der Waals surface area contributed by atoms with E-state index in [4.69, 9.17) is 10.5 Å². The van der Waals surface area contributed by atoms with Crippen LogP contribution in [0.3, 0.4) is 0 Å². The van der Waals surface area contributed by atoms with Gasteiger partial charge in [0.15, 0.2) is 5.72 Å². The number of hydrogen-bond donors (Lipinski definition) is 2. The van der Waals surface area contributed by atoms with Crippen LogP contribution in [0.25, 0.3) is 0 Å². The van der Waals surface area contributed by atoms with Gasteiger partial charge in [0, 0.05) is 19.6 Å². The smallest absolute Gasteiger partial charge is 0.157 e. The molecule has 16 heavy (non-hydrogen) atoms. The Morgan fingerprint density at radius 2 is 1.88 bits per heavy atom. The minimum absolute atomic E-state index is 0.191. The summed E-state index contributed by atoms with van der Waals surface area (Å²) in [5.74, 6) is 0. The van der Waals surface area contributed by atoms with Crippen LogP contribution < -0.4 is 5.73 Å². The summed E-state index contributed by atoms with van der Waals surface area (Å²) in [6.45, 7) is 2.91. The van der Waals surface area contributed by atoms with Gasteiger partial charge in [0.25, 0.3) is 0 Å². The van der Waals surface area contributed by atoms with E-state index >= 15 is 0 Å². The fraction of sp³-hybridized carbons (Fsp3) is 0.500. The first-order chi connectivity index (χ1) is 7.77. The maximum absolute atomic E-state index is 10.7. The molecule has 0 bridgehead atoms. The zero-order valence-corrected chi connectivity index (χ0v) is 9.30. The summed E-state index contributed by atoms with van der Waals surface area (Å²) in [6.07, 6.45) is 0. The largest absolute Gasteiger partial charge is 0.379 e. The molecule has 0 aliphatic carbocycles. The van der Waals surface area contributed by atoms with Crippen LogP contribution >= 0.6 is 0 Å². The van der Waals surface area contributed by atoms with Gasteiger partial charge in [-0.05, 0) is 5.56 Å². The average Bonchev–Trinajstić information content (AvgIpc) is 2.40. The Morgan fingerprint density at radius 3 is 2.44 bits per heavy atom. The van der Waals surface area contributed by atoms with E-state index in [9.17, 15) is 5.11 Å². The molecule has 0 radical (unpaired) electrons. The van der Waals surface area contributed by atoms with E-state index in [1.54, 1.807) is 0 Å². The van der Waals surface area contributed by atoms with Crippen LogP contribution in [0.4, 0.5) is 0 Å². The van der Waals surface area contributed by atoms with E-state index < -0.39 is 5.72 Å². The van der Waals surface area contributed by atoms with Gasteiger partial charge in [-0.2, -0.15) is 0 Å². The molecule has 1 fully saturated rings. The zero-order chi connectivity index (χ0) is 11.4. The van der Waals surface area contributed by atoms with Crippen molar-refractivity contribution in [1.29, 1.82) is 0 Å². The van der Waals surface area contributed by atoms with E-state index in [-0.39, 0.29) is 6.54 Å². The highest BCUT2D eigenvalue weighted by molar-refractivity contribution is 5.22. The second-order valence-corrected chi connectivity index (χ2v) is 3.99. The molecule has 4 nitrogen and oxygen atoms in total. The molecule has 1 aromatic carbocycles. The Morgan fingerprint density at radius 1 is 1.25 bits per heavy atom. The van der Waals surface area contributed by atoms with Crippen LogP contribution in [0.2, 0.25) is 0 Å². The van der Waals surface area contributed by atoms with E-state index in [2.05, 4.69) is 0 Å². The maximum atomic E-state index is 10.7. The van der Waals surface area contributed by atoms with Crippen LogP contribution in [0.5, 0.6) is 0 Å². The van der Waals surface area contributed by atoms with E-state index in [1.807, 2.05) is 35.2 Å². The Balaban J connectivity index is 2.24. The lowest BCUT2D eigenvalue weighted by atomic mass is 10.0. The van der Waals surface area contributed by atoms with Crippen molar-refractivity contribution in [3.63, 3.8) is 0 Å². The van der Waals surface area contributed by atoms with Gasteiger partial charge in [-0.25, -0.2) is 0 Å². The highest BCUT2D eigenvalue weighted by Crippen LogP contribution is 2.25. The second kappa shape index (κ2) is 4.93. The summed E-state index contributed by atoms with van der Waals surface area (Å²) in [4.78, 5) is 1.98. The summed E-state index contributed by atoms with van der Waals surface area (Å²) in [7, 11) is 0. The molecule has 1 aliphatic heterocycles. The van der Waals surface area contributed by atoms with Gasteiger partial charge in [0.1, 0.15) is 0 Å². The standard InChI is InChI=1S/C12H18N2O2/c13-10-12(15,11-4-2-1-3-5-11)14-6-8-16-9-7-14/h1-5,15H,6-10,13H2. The Bertz CT molecular complexity index is 325. The number of nitrogens with two attached hydrogens (primary N) is 1. The third-order valence-corrected chi connectivity index (χ3v) is 3.05. The van der Waals surface area contributed by atoms with Crippen molar-refractivity contribution in [3.05, 3.63) is 35.9 Å². The lowest BCUT2D eigenvalue weighted by Gasteiger charge is -2.41. The second-order valence-electron chi connectivity index (χ2n) is 3.99. The molecule has 1 saturated heterocycles. The maximum Gasteiger partial charge on any atom is 0.157 e. The summed E-state index contributed by atoms with van der Waals surface area (Å²) in [5, 5.41) is 10.7. The number of rotatable bonds is 3. The topological polar surface area (TPSA) is 58.7 Å². The molecule has 4 heteroatoms. The number of nitrogens with zero attached hydrogens (tertiary/aromatic N) is 1. The van der Waals surface area contributed by atoms with Crippen molar-refractivity contribution in [2.75, 3.05) is 32.8 Å². The third kappa shape index (κ3) is 2.10. The molecule has 3 N–H and O–H groups in total. The third-order valence-electron chi connectivity index (χ3n) is 3.05. The fourth-order valence-corrected chi connectivity index (χ4v) is 2.07. The minimum Gasteiger partial charge on any atom is -0.379 e. The first-order valence-electron chi connectivity index (χ1n) is 5.58. The summed E-state index contributed by atoms with van der Waals surface area (Å²) >= 11 is 0. The van der Waals surface area contributed by atoms with E-state index in [0.29, 0.717) is 26.3 Å². The van der Waals surface area contributed by atoms with Crippen molar-refractivity contribution in [2.45, 2.75) is 5.72 Å². The predicted octanol–water partition coefficient (Wildman–Crippen LogP) is 0.123. The molecule has 1 unspecified atom stereocenters. The van der Waals surface area contributed by atoms with Gasteiger partial charge in [-0.15, -0.1) is 0 Å². The van der Waals surface area contributed by atoms with Gasteiger partial charge in [-0.1, -0.05) is 30.3 Å². The van der Waals surface area contributed by atoms with Crippen LogP contribution in [0.1, 0.15) is 5.56 Å². The lowest BCUT2D eigenvalue weighted by Crippen LogP contribution is -2.55. The van der Waals surface area contributed by atoms with Crippen LogP contribution in [0, 0.1) is 0 Å². The summed E-state index contributed by atoms with van der Waals surface area (Å²) in [5.41, 5.74) is 5.52. The number of ether oxygens (including phenoxy) is 1. The Labute approximate surface area is 95.6 Å². The highest BCUT2D eigenvalue weighted by atomic mass is 16.5. The molecule has 1 heterocycles. The number of morpholine rings is 1. The Kier molecular flexibility index (Phi) is 3.56. The van der Waals surface area contributed by atoms with Crippen molar-refractivity contribution >= 4 is 0 Å². The molecular weight excluding hydrogens is 204 g/mol. The lowest BCUT2D eigenvalue weighted by molar-refractivity contribution is -0.141. The van der Waals surface area contributed by atoms with Gasteiger partial charge in [0.05, 0.1) is 13.2 Å². The molecule has 88 valence electrons. The van der Waals surface area contributed by atoms with Crippen molar-refractivity contribution in [2.24, 2.45) is 5.73 Å². The fourth-order valence-electron chi connectivity index (χ4n) is 2.07. The minimum atomic E-state index is -1.06. The van der Waals surface area contributed by atoms with Crippen LogP contribution in [-0.4, -0.2) is 42.9 Å². The van der Waals surface area contributed by atoms with Gasteiger partial charge in [-0.3, -0.25) is 4.90 Å². The normalized spacial score (nSPS) is 21.6. The van der Waals surface area contributed by atoms with Crippen LogP contribution in [-0.2, 0) is 10.5 Å². The summed E-state index contributed by atoms with van der Waals surface area (Å²) in [6, 6.07) is 9.57. The number of benzene rings is 1. The molecule has 1 aromatic rings. The molecule has 0 saturated carbocycles. The number of hydrogen-bond acceptors (Lipinski definition) is 4. The van der Waals surface area contributed by atoms with Crippen molar-refractivity contribution < 1.29 is 9.84 Å². The Hall–Kier alpha value is -0.940.